The molecule has 0 aliphatic carbocycles. The Hall–Kier alpha value is -2.64. The molecule has 2 rings (SSSR count). The summed E-state index contributed by atoms with van der Waals surface area (Å²) in [4.78, 5) is 36.9. The summed E-state index contributed by atoms with van der Waals surface area (Å²) in [5, 5.41) is 14.2. The van der Waals surface area contributed by atoms with Crippen LogP contribution in [0.3, 0.4) is 0 Å². The van der Waals surface area contributed by atoms with Crippen molar-refractivity contribution in [2.45, 2.75) is 52.0 Å². The van der Waals surface area contributed by atoms with Gasteiger partial charge in [-0.1, -0.05) is 19.8 Å². The smallest absolute Gasteiger partial charge is 0.338 e. The van der Waals surface area contributed by atoms with Gasteiger partial charge in [0.05, 0.1) is 10.5 Å². The largest absolute Gasteiger partial charge is 0.452 e. The van der Waals surface area contributed by atoms with Crippen LogP contribution in [0.5, 0.6) is 0 Å². The third-order valence-electron chi connectivity index (χ3n) is 4.71. The number of amides is 1. The molecule has 1 saturated heterocycles. The van der Waals surface area contributed by atoms with E-state index in [1.54, 1.807) is 6.07 Å². The van der Waals surface area contributed by atoms with Crippen molar-refractivity contribution < 1.29 is 19.2 Å². The summed E-state index contributed by atoms with van der Waals surface area (Å²) in [7, 11) is 0. The predicted octanol–water partition coefficient (Wildman–Crippen LogP) is 3.05. The highest BCUT2D eigenvalue weighted by molar-refractivity contribution is 5.93. The second-order valence-corrected chi connectivity index (χ2v) is 6.81. The first-order valence-electron chi connectivity index (χ1n) is 9.42. The average Bonchev–Trinajstić information content (AvgIpc) is 2.94. The molecule has 1 atom stereocenters. The Morgan fingerprint density at radius 1 is 1.26 bits per heavy atom. The number of carbonyl (C=O) groups is 2. The summed E-state index contributed by atoms with van der Waals surface area (Å²) in [5.41, 5.74) is 0.472. The van der Waals surface area contributed by atoms with E-state index in [9.17, 15) is 19.7 Å². The molecule has 1 heterocycles. The molecule has 1 aromatic carbocycles. The van der Waals surface area contributed by atoms with E-state index in [1.165, 1.54) is 12.1 Å². The molecular formula is C19H27N3O5. The van der Waals surface area contributed by atoms with E-state index in [0.29, 0.717) is 5.69 Å². The fraction of sp³-hybridized carbons (Fsp3) is 0.579. The Morgan fingerprint density at radius 2 is 1.93 bits per heavy atom. The zero-order chi connectivity index (χ0) is 19.8. The van der Waals surface area contributed by atoms with E-state index in [2.05, 4.69) is 5.32 Å². The van der Waals surface area contributed by atoms with E-state index in [1.807, 2.05) is 18.7 Å². The molecule has 8 heteroatoms. The van der Waals surface area contributed by atoms with Crippen LogP contribution in [0.15, 0.2) is 18.2 Å². The first-order chi connectivity index (χ1) is 12.9. The topological polar surface area (TPSA) is 102 Å². The summed E-state index contributed by atoms with van der Waals surface area (Å²) in [6.45, 7) is 4.90. The Morgan fingerprint density at radius 3 is 2.52 bits per heavy atom. The number of nitro benzene ring substituents is 1. The predicted molar refractivity (Wildman–Crippen MR) is 102 cm³/mol. The molecule has 1 N–H and O–H groups in total. The highest BCUT2D eigenvalue weighted by Crippen LogP contribution is 2.31. The third-order valence-corrected chi connectivity index (χ3v) is 4.71. The standard InChI is InChI=1S/C19H27N3O5/c1-3-14(2)20-18(23)13-27-19(24)15-8-9-16(17(12-15)22(25)26)21-10-6-4-5-7-11-21/h8-9,12,14H,3-7,10-11,13H2,1-2H3,(H,20,23)/t14-/m1/s1. The minimum atomic E-state index is -0.750. The van der Waals surface area contributed by atoms with Crippen LogP contribution in [0.1, 0.15) is 56.3 Å². The van der Waals surface area contributed by atoms with E-state index >= 15 is 0 Å². The molecule has 8 nitrogen and oxygen atoms in total. The van der Waals surface area contributed by atoms with E-state index < -0.39 is 23.4 Å². The molecular weight excluding hydrogens is 350 g/mol. The number of esters is 1. The first kappa shape index (κ1) is 20.7. The first-order valence-corrected chi connectivity index (χ1v) is 9.42. The SMILES string of the molecule is CC[C@@H](C)NC(=O)COC(=O)c1ccc(N2CCCCCC2)c([N+](=O)[O-])c1. The van der Waals surface area contributed by atoms with Gasteiger partial charge in [0, 0.05) is 25.2 Å². The fourth-order valence-corrected chi connectivity index (χ4v) is 3.01. The van der Waals surface area contributed by atoms with Gasteiger partial charge in [-0.3, -0.25) is 14.9 Å². The van der Waals surface area contributed by atoms with E-state index in [4.69, 9.17) is 4.74 Å². The molecule has 0 spiro atoms. The molecule has 148 valence electrons. The van der Waals surface area contributed by atoms with Crippen LogP contribution in [-0.4, -0.2) is 42.5 Å². The Bertz CT molecular complexity index is 684. The second kappa shape index (κ2) is 9.89. The van der Waals surface area contributed by atoms with Gasteiger partial charge >= 0.3 is 5.97 Å². The number of nitrogens with one attached hydrogen (secondary N) is 1. The van der Waals surface area contributed by atoms with Crippen molar-refractivity contribution >= 4 is 23.3 Å². The van der Waals surface area contributed by atoms with Crippen molar-refractivity contribution in [3.8, 4) is 0 Å². The molecule has 0 radical (unpaired) electrons. The zero-order valence-corrected chi connectivity index (χ0v) is 15.9. The van der Waals surface area contributed by atoms with Gasteiger partial charge in [0.1, 0.15) is 5.69 Å². The maximum Gasteiger partial charge on any atom is 0.338 e. The third kappa shape index (κ3) is 5.94. The van der Waals surface area contributed by atoms with Crippen molar-refractivity contribution in [2.75, 3.05) is 24.6 Å². The molecule has 0 unspecified atom stereocenters. The van der Waals surface area contributed by atoms with Gasteiger partial charge in [0.15, 0.2) is 6.61 Å². The van der Waals surface area contributed by atoms with Crippen molar-refractivity contribution in [3.05, 3.63) is 33.9 Å². The highest BCUT2D eigenvalue weighted by atomic mass is 16.6. The molecule has 0 saturated carbocycles. The van der Waals surface area contributed by atoms with Crippen molar-refractivity contribution in [1.29, 1.82) is 0 Å². The minimum absolute atomic E-state index is 0.00908. The van der Waals surface area contributed by atoms with Gasteiger partial charge in [0.2, 0.25) is 0 Å². The maximum absolute atomic E-state index is 12.2. The summed E-state index contributed by atoms with van der Waals surface area (Å²) < 4.78 is 4.99. The summed E-state index contributed by atoms with van der Waals surface area (Å²) in [5.74, 6) is -1.15. The van der Waals surface area contributed by atoms with Gasteiger partial charge in [-0.25, -0.2) is 4.79 Å². The van der Waals surface area contributed by atoms with Gasteiger partial charge in [-0.15, -0.1) is 0 Å². The minimum Gasteiger partial charge on any atom is -0.452 e. The van der Waals surface area contributed by atoms with Gasteiger partial charge in [0.25, 0.3) is 11.6 Å². The number of rotatable bonds is 7. The fourth-order valence-electron chi connectivity index (χ4n) is 3.01. The van der Waals surface area contributed by atoms with E-state index in [0.717, 1.165) is 45.2 Å². The van der Waals surface area contributed by atoms with Gasteiger partial charge in [-0.2, -0.15) is 0 Å². The molecule has 1 aromatic rings. The zero-order valence-electron chi connectivity index (χ0n) is 15.9. The van der Waals surface area contributed by atoms with Gasteiger partial charge in [-0.05, 0) is 38.3 Å². The number of ether oxygens (including phenoxy) is 1. The van der Waals surface area contributed by atoms with E-state index in [-0.39, 0.29) is 17.3 Å². The lowest BCUT2D eigenvalue weighted by Gasteiger charge is -2.22. The molecule has 1 aliphatic heterocycles. The number of hydrogen-bond acceptors (Lipinski definition) is 6. The Kier molecular flexibility index (Phi) is 7.57. The highest BCUT2D eigenvalue weighted by Gasteiger charge is 2.23. The Labute approximate surface area is 159 Å². The quantitative estimate of drug-likeness (QED) is 0.445. The van der Waals surface area contributed by atoms with Crippen LogP contribution >= 0.6 is 0 Å². The molecule has 0 aromatic heterocycles. The molecule has 1 aliphatic rings. The van der Waals surface area contributed by atoms with Crippen LogP contribution in [0.2, 0.25) is 0 Å². The number of carbonyl (C=O) groups excluding carboxylic acids is 2. The average molecular weight is 377 g/mol. The summed E-state index contributed by atoms with van der Waals surface area (Å²) in [6.07, 6.45) is 4.99. The second-order valence-electron chi connectivity index (χ2n) is 6.81. The number of nitro groups is 1. The van der Waals surface area contributed by atoms with Crippen LogP contribution < -0.4 is 10.2 Å². The Balaban J connectivity index is 2.09. The lowest BCUT2D eigenvalue weighted by atomic mass is 10.1. The van der Waals surface area contributed by atoms with Crippen molar-refractivity contribution in [2.24, 2.45) is 0 Å². The van der Waals surface area contributed by atoms with Crippen LogP contribution in [0, 0.1) is 10.1 Å². The molecule has 27 heavy (non-hydrogen) atoms. The number of nitrogens with zero attached hydrogens (tertiary/aromatic N) is 2. The summed E-state index contributed by atoms with van der Waals surface area (Å²) in [6, 6.07) is 4.33. The molecule has 0 bridgehead atoms. The van der Waals surface area contributed by atoms with Crippen LogP contribution in [-0.2, 0) is 9.53 Å². The normalized spacial score (nSPS) is 15.6. The number of benzene rings is 1. The van der Waals surface area contributed by atoms with Crippen molar-refractivity contribution in [1.82, 2.24) is 5.32 Å². The lowest BCUT2D eigenvalue weighted by molar-refractivity contribution is -0.384. The molecule has 1 amide bonds. The molecule has 1 fully saturated rings. The van der Waals surface area contributed by atoms with Crippen LogP contribution in [0.25, 0.3) is 0 Å². The maximum atomic E-state index is 12.2. The van der Waals surface area contributed by atoms with Crippen molar-refractivity contribution in [3.63, 3.8) is 0 Å². The van der Waals surface area contributed by atoms with Gasteiger partial charge < -0.3 is 15.0 Å². The monoisotopic (exact) mass is 377 g/mol. The summed E-state index contributed by atoms with van der Waals surface area (Å²) >= 11 is 0. The number of hydrogen-bond donors (Lipinski definition) is 1. The lowest BCUT2D eigenvalue weighted by Crippen LogP contribution is -2.35. The number of anilines is 1. The van der Waals surface area contributed by atoms with Crippen LogP contribution in [0.4, 0.5) is 11.4 Å².